The number of nitrogens with two attached hydrogens (primary N) is 1. The van der Waals surface area contributed by atoms with Crippen LogP contribution in [0.1, 0.15) is 12.5 Å². The highest BCUT2D eigenvalue weighted by molar-refractivity contribution is 7.91. The van der Waals surface area contributed by atoms with Gasteiger partial charge in [0.2, 0.25) is 5.95 Å². The molecule has 2 aromatic heterocycles. The molecule has 0 saturated heterocycles. The number of sulfone groups is 1. The zero-order valence-electron chi connectivity index (χ0n) is 11.6. The lowest BCUT2D eigenvalue weighted by molar-refractivity contribution is -0.138. The van der Waals surface area contributed by atoms with E-state index in [0.717, 1.165) is 0 Å². The Morgan fingerprint density at radius 2 is 1.95 bits per heavy atom. The van der Waals surface area contributed by atoms with Gasteiger partial charge in [0.25, 0.3) is 0 Å². The lowest BCUT2D eigenvalue weighted by atomic mass is 10.2. The number of nitrogens with zero attached hydrogens (tertiary/aromatic N) is 4. The Labute approximate surface area is 123 Å². The number of alkyl halides is 3. The maximum Gasteiger partial charge on any atom is 0.417 e. The van der Waals surface area contributed by atoms with Gasteiger partial charge in [0.15, 0.2) is 15.7 Å². The van der Waals surface area contributed by atoms with Crippen LogP contribution in [0.2, 0.25) is 0 Å². The van der Waals surface area contributed by atoms with Crippen LogP contribution in [0.25, 0.3) is 11.5 Å². The second-order valence-corrected chi connectivity index (χ2v) is 6.66. The fraction of sp³-hybridized carbons (Fsp3) is 0.364. The van der Waals surface area contributed by atoms with Crippen molar-refractivity contribution >= 4 is 15.8 Å². The van der Waals surface area contributed by atoms with Crippen molar-refractivity contribution in [2.24, 2.45) is 7.05 Å². The first kappa shape index (κ1) is 16.2. The number of nitrogen functional groups attached to an aromatic ring is 1. The molecule has 2 N–H and O–H groups in total. The van der Waals surface area contributed by atoms with Crippen LogP contribution in [-0.2, 0) is 23.1 Å². The highest BCUT2D eigenvalue weighted by Crippen LogP contribution is 2.33. The maximum absolute atomic E-state index is 12.8. The predicted molar refractivity (Wildman–Crippen MR) is 71.4 cm³/mol. The molecule has 7 nitrogen and oxygen atoms in total. The van der Waals surface area contributed by atoms with Crippen LogP contribution < -0.4 is 5.73 Å². The first-order valence-electron chi connectivity index (χ1n) is 6.03. The summed E-state index contributed by atoms with van der Waals surface area (Å²) in [4.78, 5) is 3.07. The fourth-order valence-corrected chi connectivity index (χ4v) is 2.76. The Morgan fingerprint density at radius 1 is 1.32 bits per heavy atom. The van der Waals surface area contributed by atoms with Crippen LogP contribution in [0.15, 0.2) is 17.2 Å². The van der Waals surface area contributed by atoms with Gasteiger partial charge in [-0.1, -0.05) is 6.92 Å². The van der Waals surface area contributed by atoms with E-state index in [0.29, 0.717) is 12.3 Å². The van der Waals surface area contributed by atoms with Crippen molar-refractivity contribution in [3.8, 4) is 11.5 Å². The molecule has 2 rings (SSSR count). The number of anilines is 1. The lowest BCUT2D eigenvalue weighted by Gasteiger charge is -2.12. The highest BCUT2D eigenvalue weighted by Gasteiger charge is 2.34. The molecule has 0 radical (unpaired) electrons. The quantitative estimate of drug-likeness (QED) is 0.906. The standard InChI is InChI=1S/C11H12F3N5O2S/c1-3-22(20,21)7-4-6(11(12,13)14)5-16-8(7)9-17-18-10(15)19(9)2/h4-5H,3H2,1-2H3,(H2,15,18). The molecule has 0 fully saturated rings. The largest absolute Gasteiger partial charge is 0.417 e. The average Bonchev–Trinajstić information content (AvgIpc) is 2.77. The number of rotatable bonds is 3. The molecule has 0 unspecified atom stereocenters. The van der Waals surface area contributed by atoms with E-state index in [4.69, 9.17) is 5.73 Å². The van der Waals surface area contributed by atoms with Gasteiger partial charge in [-0.25, -0.2) is 8.42 Å². The molecule has 22 heavy (non-hydrogen) atoms. The Kier molecular flexibility index (Phi) is 3.85. The molecule has 0 atom stereocenters. The minimum Gasteiger partial charge on any atom is -0.368 e. The van der Waals surface area contributed by atoms with Crippen molar-refractivity contribution in [2.75, 3.05) is 11.5 Å². The van der Waals surface area contributed by atoms with Gasteiger partial charge in [-0.15, -0.1) is 10.2 Å². The van der Waals surface area contributed by atoms with Crippen LogP contribution in [0.3, 0.4) is 0 Å². The third kappa shape index (κ3) is 2.75. The summed E-state index contributed by atoms with van der Waals surface area (Å²) in [6.07, 6.45) is -4.16. The molecule has 0 amide bonds. The van der Waals surface area contributed by atoms with Crippen LogP contribution in [0.5, 0.6) is 0 Å². The monoisotopic (exact) mass is 335 g/mol. The molecule has 0 spiro atoms. The fourth-order valence-electron chi connectivity index (χ4n) is 1.71. The van der Waals surface area contributed by atoms with E-state index in [2.05, 4.69) is 15.2 Å². The van der Waals surface area contributed by atoms with Crippen molar-refractivity contribution in [3.05, 3.63) is 17.8 Å². The second kappa shape index (κ2) is 5.23. The summed E-state index contributed by atoms with van der Waals surface area (Å²) < 4.78 is 63.8. The van der Waals surface area contributed by atoms with Gasteiger partial charge in [0.1, 0.15) is 5.69 Å². The van der Waals surface area contributed by atoms with Crippen molar-refractivity contribution < 1.29 is 21.6 Å². The summed E-state index contributed by atoms with van der Waals surface area (Å²) in [6, 6.07) is 0.548. The Balaban J connectivity index is 2.78. The van der Waals surface area contributed by atoms with Gasteiger partial charge in [-0.2, -0.15) is 13.2 Å². The number of aromatic nitrogens is 4. The van der Waals surface area contributed by atoms with E-state index in [1.54, 1.807) is 0 Å². The van der Waals surface area contributed by atoms with Crippen LogP contribution in [0, 0.1) is 0 Å². The summed E-state index contributed by atoms with van der Waals surface area (Å²) in [6.45, 7) is 1.32. The first-order valence-corrected chi connectivity index (χ1v) is 7.68. The van der Waals surface area contributed by atoms with E-state index in [-0.39, 0.29) is 23.2 Å². The van der Waals surface area contributed by atoms with Gasteiger partial charge in [0.05, 0.1) is 16.2 Å². The summed E-state index contributed by atoms with van der Waals surface area (Å²) in [5.74, 6) is -0.425. The molecular weight excluding hydrogens is 323 g/mol. The summed E-state index contributed by atoms with van der Waals surface area (Å²) in [5, 5.41) is 7.21. The van der Waals surface area contributed by atoms with Crippen molar-refractivity contribution in [1.82, 2.24) is 19.7 Å². The van der Waals surface area contributed by atoms with Crippen LogP contribution in [0.4, 0.5) is 19.1 Å². The molecule has 2 heterocycles. The maximum atomic E-state index is 12.8. The van der Waals surface area contributed by atoms with E-state index in [1.165, 1.54) is 18.5 Å². The van der Waals surface area contributed by atoms with Crippen molar-refractivity contribution in [1.29, 1.82) is 0 Å². The summed E-state index contributed by atoms with van der Waals surface area (Å²) >= 11 is 0. The highest BCUT2D eigenvalue weighted by atomic mass is 32.2. The molecular formula is C11H12F3N5O2S. The van der Waals surface area contributed by atoms with Crippen molar-refractivity contribution in [2.45, 2.75) is 18.0 Å². The third-order valence-electron chi connectivity index (χ3n) is 3.02. The lowest BCUT2D eigenvalue weighted by Crippen LogP contribution is -2.13. The number of hydrogen-bond acceptors (Lipinski definition) is 6. The SMILES string of the molecule is CCS(=O)(=O)c1cc(C(F)(F)F)cnc1-c1nnc(N)n1C. The molecule has 0 saturated carbocycles. The molecule has 120 valence electrons. The molecule has 0 bridgehead atoms. The van der Waals surface area contributed by atoms with Gasteiger partial charge in [-0.05, 0) is 6.07 Å². The van der Waals surface area contributed by atoms with Crippen LogP contribution in [-0.4, -0.2) is 33.9 Å². The zero-order valence-corrected chi connectivity index (χ0v) is 12.4. The first-order chi connectivity index (χ1) is 10.1. The molecule has 0 aliphatic heterocycles. The van der Waals surface area contributed by atoms with Crippen LogP contribution >= 0.6 is 0 Å². The predicted octanol–water partition coefficient (Wildman–Crippen LogP) is 1.27. The molecule has 2 aromatic rings. The number of hydrogen-bond donors (Lipinski definition) is 1. The summed E-state index contributed by atoms with van der Waals surface area (Å²) in [7, 11) is -2.50. The zero-order chi connectivity index (χ0) is 16.7. The van der Waals surface area contributed by atoms with E-state index < -0.39 is 26.5 Å². The topological polar surface area (TPSA) is 104 Å². The smallest absolute Gasteiger partial charge is 0.368 e. The van der Waals surface area contributed by atoms with Gasteiger partial charge < -0.3 is 5.73 Å². The minimum atomic E-state index is -4.71. The summed E-state index contributed by atoms with van der Waals surface area (Å²) in [5.41, 5.74) is 4.13. The molecule has 0 aliphatic rings. The molecule has 11 heteroatoms. The Morgan fingerprint density at radius 3 is 2.41 bits per heavy atom. The van der Waals surface area contributed by atoms with Gasteiger partial charge >= 0.3 is 6.18 Å². The second-order valence-electron chi connectivity index (χ2n) is 4.41. The minimum absolute atomic E-state index is 0.0171. The normalized spacial score (nSPS) is 12.6. The van der Waals surface area contributed by atoms with E-state index in [1.807, 2.05) is 0 Å². The number of halogens is 3. The Bertz CT molecular complexity index is 814. The van der Waals surface area contributed by atoms with Gasteiger partial charge in [0, 0.05) is 13.2 Å². The van der Waals surface area contributed by atoms with E-state index >= 15 is 0 Å². The van der Waals surface area contributed by atoms with Crippen molar-refractivity contribution in [3.63, 3.8) is 0 Å². The average molecular weight is 335 g/mol. The Hall–Kier alpha value is -2.17. The number of pyridine rings is 1. The van der Waals surface area contributed by atoms with Gasteiger partial charge in [-0.3, -0.25) is 9.55 Å². The molecule has 0 aromatic carbocycles. The third-order valence-corrected chi connectivity index (χ3v) is 4.76. The molecule has 0 aliphatic carbocycles. The van der Waals surface area contributed by atoms with E-state index in [9.17, 15) is 21.6 Å².